The van der Waals surface area contributed by atoms with Crippen LogP contribution in [0, 0.1) is 5.92 Å². The van der Waals surface area contributed by atoms with Gasteiger partial charge in [-0.1, -0.05) is 36.7 Å². The SMILES string of the molecule is CO[C@H]1CNCC1NC(=O)C(C)Cc1ccccc1Cl. The Morgan fingerprint density at radius 3 is 2.95 bits per heavy atom. The highest BCUT2D eigenvalue weighted by molar-refractivity contribution is 6.31. The predicted octanol–water partition coefficient (Wildman–Crippen LogP) is 1.62. The number of carbonyl (C=O) groups is 1. The second-order valence-electron chi connectivity index (χ2n) is 5.24. The first kappa shape index (κ1) is 15.3. The fourth-order valence-electron chi connectivity index (χ4n) is 2.46. The zero-order valence-electron chi connectivity index (χ0n) is 11.9. The second-order valence-corrected chi connectivity index (χ2v) is 5.65. The van der Waals surface area contributed by atoms with E-state index >= 15 is 0 Å². The van der Waals surface area contributed by atoms with Gasteiger partial charge in [-0.2, -0.15) is 0 Å². The van der Waals surface area contributed by atoms with Crippen molar-refractivity contribution >= 4 is 17.5 Å². The highest BCUT2D eigenvalue weighted by Crippen LogP contribution is 2.19. The molecule has 0 spiro atoms. The predicted molar refractivity (Wildman–Crippen MR) is 79.9 cm³/mol. The Kier molecular flexibility index (Phi) is 5.40. The number of benzene rings is 1. The van der Waals surface area contributed by atoms with Crippen LogP contribution in [-0.2, 0) is 16.0 Å². The van der Waals surface area contributed by atoms with Gasteiger partial charge in [0, 0.05) is 31.1 Å². The fourth-order valence-corrected chi connectivity index (χ4v) is 2.67. The van der Waals surface area contributed by atoms with E-state index < -0.39 is 0 Å². The van der Waals surface area contributed by atoms with E-state index in [0.717, 1.165) is 18.7 Å². The third-order valence-electron chi connectivity index (χ3n) is 3.72. The molecular formula is C15H21ClN2O2. The van der Waals surface area contributed by atoms with Gasteiger partial charge < -0.3 is 15.4 Å². The van der Waals surface area contributed by atoms with E-state index in [1.807, 2.05) is 31.2 Å². The molecule has 1 aromatic carbocycles. The molecule has 2 N–H and O–H groups in total. The lowest BCUT2D eigenvalue weighted by Crippen LogP contribution is -2.45. The van der Waals surface area contributed by atoms with Gasteiger partial charge in [-0.15, -0.1) is 0 Å². The van der Waals surface area contributed by atoms with Gasteiger partial charge in [-0.05, 0) is 18.1 Å². The molecule has 4 nitrogen and oxygen atoms in total. The maximum absolute atomic E-state index is 12.2. The fraction of sp³-hybridized carbons (Fsp3) is 0.533. The Labute approximate surface area is 124 Å². The van der Waals surface area contributed by atoms with Gasteiger partial charge in [0.15, 0.2) is 0 Å². The van der Waals surface area contributed by atoms with E-state index in [2.05, 4.69) is 10.6 Å². The van der Waals surface area contributed by atoms with Crippen molar-refractivity contribution in [3.8, 4) is 0 Å². The van der Waals surface area contributed by atoms with E-state index in [-0.39, 0.29) is 24.0 Å². The lowest BCUT2D eigenvalue weighted by atomic mass is 10.00. The summed E-state index contributed by atoms with van der Waals surface area (Å²) in [5.74, 6) is -0.0753. The summed E-state index contributed by atoms with van der Waals surface area (Å²) in [6.45, 7) is 3.45. The first-order chi connectivity index (χ1) is 9.61. The molecule has 1 aliphatic heterocycles. The molecule has 20 heavy (non-hydrogen) atoms. The van der Waals surface area contributed by atoms with Crippen LogP contribution in [0.1, 0.15) is 12.5 Å². The van der Waals surface area contributed by atoms with Crippen molar-refractivity contribution in [3.63, 3.8) is 0 Å². The number of amides is 1. The molecule has 0 aromatic heterocycles. The lowest BCUT2D eigenvalue weighted by Gasteiger charge is -2.21. The molecule has 0 bridgehead atoms. The van der Waals surface area contributed by atoms with E-state index in [1.165, 1.54) is 0 Å². The normalized spacial score (nSPS) is 23.6. The van der Waals surface area contributed by atoms with Gasteiger partial charge in [0.2, 0.25) is 5.91 Å². The molecule has 0 radical (unpaired) electrons. The van der Waals surface area contributed by atoms with Gasteiger partial charge in [-0.3, -0.25) is 4.79 Å². The van der Waals surface area contributed by atoms with Crippen LogP contribution in [0.3, 0.4) is 0 Å². The van der Waals surface area contributed by atoms with Crippen molar-refractivity contribution in [2.45, 2.75) is 25.5 Å². The minimum Gasteiger partial charge on any atom is -0.378 e. The zero-order chi connectivity index (χ0) is 14.5. The van der Waals surface area contributed by atoms with Crippen LogP contribution in [0.25, 0.3) is 0 Å². The molecule has 2 unspecified atom stereocenters. The van der Waals surface area contributed by atoms with Crippen LogP contribution >= 0.6 is 11.6 Å². The Morgan fingerprint density at radius 2 is 2.25 bits per heavy atom. The zero-order valence-corrected chi connectivity index (χ0v) is 12.6. The molecule has 1 heterocycles. The summed E-state index contributed by atoms with van der Waals surface area (Å²) >= 11 is 6.13. The smallest absolute Gasteiger partial charge is 0.223 e. The monoisotopic (exact) mass is 296 g/mol. The second kappa shape index (κ2) is 7.07. The quantitative estimate of drug-likeness (QED) is 0.868. The van der Waals surface area contributed by atoms with Crippen molar-refractivity contribution in [2.75, 3.05) is 20.2 Å². The van der Waals surface area contributed by atoms with Crippen LogP contribution < -0.4 is 10.6 Å². The molecule has 1 amide bonds. The number of rotatable bonds is 5. The van der Waals surface area contributed by atoms with Gasteiger partial charge in [0.1, 0.15) is 0 Å². The Balaban J connectivity index is 1.91. The molecule has 0 aliphatic carbocycles. The molecule has 3 atom stereocenters. The standard InChI is InChI=1S/C15H21ClN2O2/c1-10(7-11-5-3-4-6-12(11)16)15(19)18-13-8-17-9-14(13)20-2/h3-6,10,13-14,17H,7-9H2,1-2H3,(H,18,19)/t10?,13?,14-/m0/s1. The third kappa shape index (κ3) is 3.72. The van der Waals surface area contributed by atoms with E-state index in [1.54, 1.807) is 7.11 Å². The van der Waals surface area contributed by atoms with E-state index in [4.69, 9.17) is 16.3 Å². The molecule has 1 fully saturated rings. The highest BCUT2D eigenvalue weighted by Gasteiger charge is 2.29. The van der Waals surface area contributed by atoms with E-state index in [9.17, 15) is 4.79 Å². The number of nitrogens with one attached hydrogen (secondary N) is 2. The topological polar surface area (TPSA) is 50.4 Å². The largest absolute Gasteiger partial charge is 0.378 e. The number of halogens is 1. The summed E-state index contributed by atoms with van der Waals surface area (Å²) in [5.41, 5.74) is 1.00. The summed E-state index contributed by atoms with van der Waals surface area (Å²) < 4.78 is 5.34. The molecular weight excluding hydrogens is 276 g/mol. The van der Waals surface area contributed by atoms with Crippen molar-refractivity contribution in [1.82, 2.24) is 10.6 Å². The van der Waals surface area contributed by atoms with Gasteiger partial charge >= 0.3 is 0 Å². The maximum Gasteiger partial charge on any atom is 0.223 e. The van der Waals surface area contributed by atoms with Crippen molar-refractivity contribution in [3.05, 3.63) is 34.9 Å². The van der Waals surface area contributed by atoms with Crippen molar-refractivity contribution < 1.29 is 9.53 Å². The summed E-state index contributed by atoms with van der Waals surface area (Å²) in [7, 11) is 1.67. The molecule has 0 saturated carbocycles. The lowest BCUT2D eigenvalue weighted by molar-refractivity contribution is -0.125. The van der Waals surface area contributed by atoms with Gasteiger partial charge in [0.05, 0.1) is 12.1 Å². The number of hydrogen-bond acceptors (Lipinski definition) is 3. The third-order valence-corrected chi connectivity index (χ3v) is 4.09. The van der Waals surface area contributed by atoms with Crippen molar-refractivity contribution in [1.29, 1.82) is 0 Å². The Morgan fingerprint density at radius 1 is 1.50 bits per heavy atom. The van der Waals surface area contributed by atoms with Crippen LogP contribution in [0.5, 0.6) is 0 Å². The maximum atomic E-state index is 12.2. The molecule has 1 aromatic rings. The average molecular weight is 297 g/mol. The Hall–Kier alpha value is -1.10. The number of carbonyl (C=O) groups excluding carboxylic acids is 1. The minimum atomic E-state index is -0.118. The van der Waals surface area contributed by atoms with Crippen LogP contribution in [0.2, 0.25) is 5.02 Å². The molecule has 110 valence electrons. The van der Waals surface area contributed by atoms with E-state index in [0.29, 0.717) is 11.4 Å². The minimum absolute atomic E-state index is 0.0423. The Bertz CT molecular complexity index is 467. The molecule has 1 saturated heterocycles. The summed E-state index contributed by atoms with van der Waals surface area (Å²) in [6.07, 6.45) is 0.690. The summed E-state index contributed by atoms with van der Waals surface area (Å²) in [6, 6.07) is 7.68. The van der Waals surface area contributed by atoms with Crippen LogP contribution in [0.4, 0.5) is 0 Å². The average Bonchev–Trinajstić information content (AvgIpc) is 2.88. The number of methoxy groups -OCH3 is 1. The van der Waals surface area contributed by atoms with Gasteiger partial charge in [-0.25, -0.2) is 0 Å². The number of ether oxygens (including phenoxy) is 1. The first-order valence-electron chi connectivity index (χ1n) is 6.89. The van der Waals surface area contributed by atoms with Crippen molar-refractivity contribution in [2.24, 2.45) is 5.92 Å². The van der Waals surface area contributed by atoms with Crippen LogP contribution in [0.15, 0.2) is 24.3 Å². The molecule has 2 rings (SSSR count). The molecule has 1 aliphatic rings. The highest BCUT2D eigenvalue weighted by atomic mass is 35.5. The summed E-state index contributed by atoms with van der Waals surface area (Å²) in [5, 5.41) is 6.98. The number of hydrogen-bond donors (Lipinski definition) is 2. The first-order valence-corrected chi connectivity index (χ1v) is 7.27. The van der Waals surface area contributed by atoms with Crippen LogP contribution in [-0.4, -0.2) is 38.3 Å². The summed E-state index contributed by atoms with van der Waals surface area (Å²) in [4.78, 5) is 12.2. The molecule has 5 heteroatoms. The van der Waals surface area contributed by atoms with Gasteiger partial charge in [0.25, 0.3) is 0 Å².